The SMILES string of the molecule is CCCCC=C(F)CC=C[C@H]1CCC[C@@H]1CC=CCCC(O)(O)C(=O)NS(C)(=O)=O. The summed E-state index contributed by atoms with van der Waals surface area (Å²) in [6.07, 6.45) is 17.4. The van der Waals surface area contributed by atoms with E-state index in [1.807, 2.05) is 12.2 Å². The first-order valence-corrected chi connectivity index (χ1v) is 12.6. The van der Waals surface area contributed by atoms with E-state index in [1.54, 1.807) is 16.9 Å². The van der Waals surface area contributed by atoms with Crippen LogP contribution in [-0.4, -0.2) is 36.6 Å². The summed E-state index contributed by atoms with van der Waals surface area (Å²) >= 11 is 0. The molecule has 3 N–H and O–H groups in total. The number of aliphatic hydroxyl groups is 2. The zero-order valence-electron chi connectivity index (χ0n) is 18.0. The van der Waals surface area contributed by atoms with E-state index in [1.165, 1.54) is 0 Å². The molecule has 0 aromatic carbocycles. The summed E-state index contributed by atoms with van der Waals surface area (Å²) < 4.78 is 37.3. The molecule has 0 aliphatic heterocycles. The van der Waals surface area contributed by atoms with Gasteiger partial charge in [0, 0.05) is 12.8 Å². The van der Waals surface area contributed by atoms with Crippen LogP contribution in [0, 0.1) is 11.8 Å². The molecule has 0 unspecified atom stereocenters. The fourth-order valence-electron chi connectivity index (χ4n) is 3.55. The molecule has 0 aromatic heterocycles. The fraction of sp³-hybridized carbons (Fsp3) is 0.682. The summed E-state index contributed by atoms with van der Waals surface area (Å²) in [4.78, 5) is 11.6. The lowest BCUT2D eigenvalue weighted by Gasteiger charge is -2.19. The van der Waals surface area contributed by atoms with Crippen molar-refractivity contribution in [2.24, 2.45) is 11.8 Å². The Kier molecular flexibility index (Phi) is 11.5. The third kappa shape index (κ3) is 11.0. The molecular formula is C22H36FNO5S. The molecule has 2 atom stereocenters. The molecule has 1 amide bonds. The van der Waals surface area contributed by atoms with Gasteiger partial charge in [0.15, 0.2) is 0 Å². The van der Waals surface area contributed by atoms with Crippen molar-refractivity contribution in [3.05, 3.63) is 36.2 Å². The van der Waals surface area contributed by atoms with Crippen LogP contribution in [0.2, 0.25) is 0 Å². The minimum atomic E-state index is -3.85. The minimum Gasteiger partial charge on any atom is -0.358 e. The Morgan fingerprint density at radius 2 is 1.93 bits per heavy atom. The number of halogens is 1. The van der Waals surface area contributed by atoms with Gasteiger partial charge in [-0.05, 0) is 50.4 Å². The molecule has 8 heteroatoms. The highest BCUT2D eigenvalue weighted by Gasteiger charge is 2.34. The quantitative estimate of drug-likeness (QED) is 0.227. The molecule has 0 saturated heterocycles. The summed E-state index contributed by atoms with van der Waals surface area (Å²) in [6, 6.07) is 0. The van der Waals surface area contributed by atoms with Crippen molar-refractivity contribution in [3.63, 3.8) is 0 Å². The van der Waals surface area contributed by atoms with E-state index >= 15 is 0 Å². The highest BCUT2D eigenvalue weighted by molar-refractivity contribution is 7.89. The highest BCUT2D eigenvalue weighted by atomic mass is 32.2. The maximum Gasteiger partial charge on any atom is 0.293 e. The minimum absolute atomic E-state index is 0.0782. The predicted molar refractivity (Wildman–Crippen MR) is 116 cm³/mol. The standard InChI is InChI=1S/C22H36FNO5S/c1-3-4-6-15-20(23)16-10-14-19-13-9-12-18(19)11-7-5-8-17-22(26,27)21(25)24-30(2,28)29/h5,7,10,14-15,18-19,26-27H,3-4,6,8-9,11-13,16-17H2,1-2H3,(H,24,25)/t18-,19+/m0/s1. The number of hydrogen-bond donors (Lipinski definition) is 3. The van der Waals surface area contributed by atoms with Crippen molar-refractivity contribution < 1.29 is 27.8 Å². The summed E-state index contributed by atoms with van der Waals surface area (Å²) in [5.74, 6) is -3.29. The average molecular weight is 446 g/mol. The van der Waals surface area contributed by atoms with Crippen molar-refractivity contribution in [2.45, 2.75) is 76.9 Å². The number of allylic oxidation sites excluding steroid dienone is 6. The zero-order valence-corrected chi connectivity index (χ0v) is 18.8. The van der Waals surface area contributed by atoms with E-state index in [-0.39, 0.29) is 18.7 Å². The van der Waals surface area contributed by atoms with E-state index in [4.69, 9.17) is 0 Å². The lowest BCUT2D eigenvalue weighted by Crippen LogP contribution is -2.48. The van der Waals surface area contributed by atoms with Gasteiger partial charge < -0.3 is 10.2 Å². The van der Waals surface area contributed by atoms with Crippen molar-refractivity contribution in [2.75, 3.05) is 6.26 Å². The second-order valence-corrected chi connectivity index (χ2v) is 9.79. The van der Waals surface area contributed by atoms with Crippen LogP contribution in [0.1, 0.15) is 71.1 Å². The van der Waals surface area contributed by atoms with E-state index in [2.05, 4.69) is 13.0 Å². The second-order valence-electron chi connectivity index (χ2n) is 8.05. The van der Waals surface area contributed by atoms with Gasteiger partial charge in [-0.3, -0.25) is 4.79 Å². The molecule has 1 aliphatic rings. The van der Waals surface area contributed by atoms with E-state index < -0.39 is 21.7 Å². The Balaban J connectivity index is 2.40. The van der Waals surface area contributed by atoms with Gasteiger partial charge in [0.05, 0.1) is 12.1 Å². The fourth-order valence-corrected chi connectivity index (χ4v) is 4.05. The van der Waals surface area contributed by atoms with Gasteiger partial charge in [0.25, 0.3) is 5.91 Å². The van der Waals surface area contributed by atoms with Crippen LogP contribution in [-0.2, 0) is 14.8 Å². The van der Waals surface area contributed by atoms with Crippen molar-refractivity contribution in [3.8, 4) is 0 Å². The molecule has 1 rings (SSSR count). The third-order valence-corrected chi connectivity index (χ3v) is 5.80. The van der Waals surface area contributed by atoms with Gasteiger partial charge in [-0.15, -0.1) is 0 Å². The summed E-state index contributed by atoms with van der Waals surface area (Å²) in [7, 11) is -3.85. The number of rotatable bonds is 13. The Bertz CT molecular complexity index is 728. The van der Waals surface area contributed by atoms with Crippen LogP contribution in [0.25, 0.3) is 0 Å². The Morgan fingerprint density at radius 3 is 2.60 bits per heavy atom. The van der Waals surface area contributed by atoms with Crippen LogP contribution in [0.5, 0.6) is 0 Å². The first kappa shape index (κ1) is 26.5. The Labute approximate surface area is 180 Å². The van der Waals surface area contributed by atoms with E-state index in [0.29, 0.717) is 18.3 Å². The number of amides is 1. The second kappa shape index (κ2) is 13.0. The van der Waals surface area contributed by atoms with Gasteiger partial charge >= 0.3 is 0 Å². The summed E-state index contributed by atoms with van der Waals surface area (Å²) in [6.45, 7) is 2.08. The molecule has 1 fully saturated rings. The smallest absolute Gasteiger partial charge is 0.293 e. The lowest BCUT2D eigenvalue weighted by atomic mass is 9.92. The van der Waals surface area contributed by atoms with Crippen molar-refractivity contribution in [1.82, 2.24) is 4.72 Å². The van der Waals surface area contributed by atoms with Crippen LogP contribution < -0.4 is 4.72 Å². The highest BCUT2D eigenvalue weighted by Crippen LogP contribution is 2.35. The number of unbranched alkanes of at least 4 members (excludes halogenated alkanes) is 2. The van der Waals surface area contributed by atoms with Gasteiger partial charge in [-0.2, -0.15) is 0 Å². The maximum atomic E-state index is 13.7. The molecule has 0 spiro atoms. The molecule has 0 radical (unpaired) electrons. The number of nitrogens with one attached hydrogen (secondary N) is 1. The average Bonchev–Trinajstić information content (AvgIpc) is 3.07. The normalized spacial score (nSPS) is 21.0. The monoisotopic (exact) mass is 445 g/mol. The molecule has 30 heavy (non-hydrogen) atoms. The molecule has 0 aromatic rings. The van der Waals surface area contributed by atoms with Crippen LogP contribution >= 0.6 is 0 Å². The third-order valence-electron chi connectivity index (χ3n) is 5.24. The number of hydrogen-bond acceptors (Lipinski definition) is 5. The van der Waals surface area contributed by atoms with Gasteiger partial charge in [0.2, 0.25) is 15.8 Å². The van der Waals surface area contributed by atoms with Crippen LogP contribution in [0.3, 0.4) is 0 Å². The largest absolute Gasteiger partial charge is 0.358 e. The molecule has 1 aliphatic carbocycles. The maximum absolute atomic E-state index is 13.7. The van der Waals surface area contributed by atoms with Gasteiger partial charge in [-0.1, -0.05) is 50.1 Å². The van der Waals surface area contributed by atoms with Gasteiger partial charge in [0.1, 0.15) is 0 Å². The van der Waals surface area contributed by atoms with Crippen molar-refractivity contribution >= 4 is 15.9 Å². The Morgan fingerprint density at radius 1 is 1.20 bits per heavy atom. The van der Waals surface area contributed by atoms with E-state index in [9.17, 15) is 27.8 Å². The summed E-state index contributed by atoms with van der Waals surface area (Å²) in [5.41, 5.74) is 0. The first-order chi connectivity index (χ1) is 14.0. The summed E-state index contributed by atoms with van der Waals surface area (Å²) in [5, 5.41) is 19.4. The molecule has 172 valence electrons. The molecule has 0 bridgehead atoms. The van der Waals surface area contributed by atoms with Crippen LogP contribution in [0.15, 0.2) is 36.2 Å². The molecule has 0 heterocycles. The first-order valence-electron chi connectivity index (χ1n) is 10.7. The predicted octanol–water partition coefficient (Wildman–Crippen LogP) is 3.88. The zero-order chi connectivity index (χ0) is 22.6. The topological polar surface area (TPSA) is 104 Å². The number of sulfonamides is 1. The Hall–Kier alpha value is -1.51. The molecule has 1 saturated carbocycles. The van der Waals surface area contributed by atoms with Gasteiger partial charge in [-0.25, -0.2) is 17.5 Å². The van der Waals surface area contributed by atoms with E-state index in [0.717, 1.165) is 51.2 Å². The molecule has 6 nitrogen and oxygen atoms in total. The number of carbonyl (C=O) groups is 1. The van der Waals surface area contributed by atoms with Crippen LogP contribution in [0.4, 0.5) is 4.39 Å². The lowest BCUT2D eigenvalue weighted by molar-refractivity contribution is -0.185. The molecular weight excluding hydrogens is 409 g/mol. The number of carbonyl (C=O) groups excluding carboxylic acids is 1. The van der Waals surface area contributed by atoms with Crippen molar-refractivity contribution in [1.29, 1.82) is 0 Å².